The van der Waals surface area contributed by atoms with Crippen LogP contribution in [0.5, 0.6) is 11.5 Å². The van der Waals surface area contributed by atoms with Gasteiger partial charge in [0, 0.05) is 0 Å². The molecule has 2 N–H and O–H groups in total. The number of hydrogen-bond acceptors (Lipinski definition) is 5. The molecule has 7 nitrogen and oxygen atoms in total. The Bertz CT molecular complexity index is 867. The number of nitrogens with zero attached hydrogens (tertiary/aromatic N) is 1. The number of hydrogen-bond donors (Lipinski definition) is 2. The highest BCUT2D eigenvalue weighted by Crippen LogP contribution is 2.31. The summed E-state index contributed by atoms with van der Waals surface area (Å²) in [5.41, 5.74) is 0.491. The molecule has 2 unspecified atom stereocenters. The fraction of sp³-hybridized carbons (Fsp3) is 0.333. The highest BCUT2D eigenvalue weighted by atomic mass is 16.5. The summed E-state index contributed by atoms with van der Waals surface area (Å²) >= 11 is 0. The van der Waals surface area contributed by atoms with Gasteiger partial charge in [0.15, 0.2) is 0 Å². The number of methoxy groups -OCH3 is 1. The van der Waals surface area contributed by atoms with Gasteiger partial charge in [-0.05, 0) is 43.7 Å². The topological polar surface area (TPSA) is 88.1 Å². The molecule has 0 saturated carbocycles. The van der Waals surface area contributed by atoms with Gasteiger partial charge in [-0.3, -0.25) is 9.69 Å². The molecule has 0 aromatic heterocycles. The van der Waals surface area contributed by atoms with Gasteiger partial charge in [0.2, 0.25) is 0 Å². The number of aliphatic hydroxyl groups excluding tert-OH is 1. The van der Waals surface area contributed by atoms with Gasteiger partial charge in [-0.1, -0.05) is 29.8 Å². The number of aryl methyl sites for hydroxylation is 1. The standard InChI is InChI=1S/C21H24N2O5/c1-14-7-9-17(10-8-14)28-13-16(24)12-23-19(25)21(2,22-20(23)26)15-5-4-6-18(11-15)27-3/h4-11,16,24H,12-13H2,1-3H3,(H,22,26). The number of β-amino-alcohol motifs (C(OH)–C–C–N with tert-alkyl or cyclic N) is 1. The van der Waals surface area contributed by atoms with Crippen LogP contribution in [-0.2, 0) is 10.3 Å². The number of rotatable bonds is 7. The maximum Gasteiger partial charge on any atom is 0.325 e. The zero-order chi connectivity index (χ0) is 20.3. The summed E-state index contributed by atoms with van der Waals surface area (Å²) in [6.07, 6.45) is -1.01. The number of urea groups is 1. The molecule has 2 aromatic carbocycles. The Morgan fingerprint density at radius 1 is 1.14 bits per heavy atom. The maximum atomic E-state index is 12.9. The Hall–Kier alpha value is -3.06. The molecule has 1 aliphatic rings. The molecule has 148 valence electrons. The van der Waals surface area contributed by atoms with E-state index in [1.807, 2.05) is 19.1 Å². The van der Waals surface area contributed by atoms with Crippen molar-refractivity contribution in [3.05, 3.63) is 59.7 Å². The van der Waals surface area contributed by atoms with Crippen molar-refractivity contribution in [2.75, 3.05) is 20.3 Å². The number of imide groups is 1. The van der Waals surface area contributed by atoms with Gasteiger partial charge in [-0.2, -0.15) is 0 Å². The first-order valence-electron chi connectivity index (χ1n) is 8.99. The molecular weight excluding hydrogens is 360 g/mol. The Morgan fingerprint density at radius 2 is 1.86 bits per heavy atom. The highest BCUT2D eigenvalue weighted by molar-refractivity contribution is 6.07. The van der Waals surface area contributed by atoms with Crippen LogP contribution in [0.4, 0.5) is 4.79 Å². The van der Waals surface area contributed by atoms with Gasteiger partial charge in [0.25, 0.3) is 5.91 Å². The minimum atomic E-state index is -1.22. The number of aliphatic hydroxyl groups is 1. The zero-order valence-corrected chi connectivity index (χ0v) is 16.1. The van der Waals surface area contributed by atoms with Crippen molar-refractivity contribution in [1.82, 2.24) is 10.2 Å². The number of benzene rings is 2. The quantitative estimate of drug-likeness (QED) is 0.715. The van der Waals surface area contributed by atoms with E-state index in [0.717, 1.165) is 10.5 Å². The molecule has 3 rings (SSSR count). The lowest BCUT2D eigenvalue weighted by Crippen LogP contribution is -2.42. The van der Waals surface area contributed by atoms with E-state index in [0.29, 0.717) is 17.1 Å². The first kappa shape index (κ1) is 19.7. The Labute approximate surface area is 163 Å². The SMILES string of the molecule is COc1cccc(C2(C)NC(=O)N(CC(O)COc3ccc(C)cc3)C2=O)c1. The molecule has 0 spiro atoms. The third-order valence-corrected chi connectivity index (χ3v) is 4.78. The minimum Gasteiger partial charge on any atom is -0.497 e. The van der Waals surface area contributed by atoms with Crippen LogP contribution in [0, 0.1) is 6.92 Å². The smallest absolute Gasteiger partial charge is 0.325 e. The first-order valence-corrected chi connectivity index (χ1v) is 8.99. The van der Waals surface area contributed by atoms with E-state index in [-0.39, 0.29) is 13.2 Å². The Kier molecular flexibility index (Phi) is 5.56. The summed E-state index contributed by atoms with van der Waals surface area (Å²) < 4.78 is 10.7. The van der Waals surface area contributed by atoms with Crippen LogP contribution < -0.4 is 14.8 Å². The number of nitrogens with one attached hydrogen (secondary N) is 1. The summed E-state index contributed by atoms with van der Waals surface area (Å²) in [6, 6.07) is 13.8. The van der Waals surface area contributed by atoms with Crippen molar-refractivity contribution >= 4 is 11.9 Å². The van der Waals surface area contributed by atoms with Gasteiger partial charge in [-0.25, -0.2) is 4.79 Å². The summed E-state index contributed by atoms with van der Waals surface area (Å²) in [4.78, 5) is 26.3. The molecule has 2 aromatic rings. The minimum absolute atomic E-state index is 0.0318. The molecule has 1 saturated heterocycles. The Balaban J connectivity index is 1.66. The lowest BCUT2D eigenvalue weighted by atomic mass is 9.92. The summed E-state index contributed by atoms with van der Waals surface area (Å²) in [5, 5.41) is 13.0. The summed E-state index contributed by atoms with van der Waals surface area (Å²) in [5.74, 6) is 0.772. The fourth-order valence-corrected chi connectivity index (χ4v) is 3.08. The van der Waals surface area contributed by atoms with E-state index in [4.69, 9.17) is 9.47 Å². The van der Waals surface area contributed by atoms with Crippen molar-refractivity contribution in [1.29, 1.82) is 0 Å². The van der Waals surface area contributed by atoms with Gasteiger partial charge in [0.1, 0.15) is 29.7 Å². The molecule has 0 aliphatic carbocycles. The van der Waals surface area contributed by atoms with Crippen molar-refractivity contribution in [2.45, 2.75) is 25.5 Å². The van der Waals surface area contributed by atoms with Gasteiger partial charge >= 0.3 is 6.03 Å². The number of amides is 3. The molecule has 28 heavy (non-hydrogen) atoms. The molecular formula is C21H24N2O5. The van der Waals surface area contributed by atoms with Crippen LogP contribution in [0.3, 0.4) is 0 Å². The predicted octanol–water partition coefficient (Wildman–Crippen LogP) is 2.21. The van der Waals surface area contributed by atoms with E-state index >= 15 is 0 Å². The van der Waals surface area contributed by atoms with Crippen LogP contribution in [-0.4, -0.2) is 48.3 Å². The van der Waals surface area contributed by atoms with E-state index in [9.17, 15) is 14.7 Å². The second-order valence-corrected chi connectivity index (χ2v) is 6.98. The van der Waals surface area contributed by atoms with E-state index in [2.05, 4.69) is 5.32 Å². The second kappa shape index (κ2) is 7.90. The van der Waals surface area contributed by atoms with E-state index in [1.54, 1.807) is 43.3 Å². The molecule has 3 amide bonds. The van der Waals surface area contributed by atoms with Crippen LogP contribution in [0.15, 0.2) is 48.5 Å². The first-order chi connectivity index (χ1) is 13.3. The third-order valence-electron chi connectivity index (χ3n) is 4.78. The van der Waals surface area contributed by atoms with E-state index in [1.165, 1.54) is 7.11 Å². The molecule has 7 heteroatoms. The monoisotopic (exact) mass is 384 g/mol. The molecule has 2 atom stereocenters. The van der Waals surface area contributed by atoms with Crippen molar-refractivity contribution in [3.8, 4) is 11.5 Å². The van der Waals surface area contributed by atoms with Crippen LogP contribution in [0.1, 0.15) is 18.1 Å². The van der Waals surface area contributed by atoms with Crippen molar-refractivity contribution < 1.29 is 24.2 Å². The molecule has 0 radical (unpaired) electrons. The average molecular weight is 384 g/mol. The van der Waals surface area contributed by atoms with Crippen molar-refractivity contribution in [2.24, 2.45) is 0 Å². The Morgan fingerprint density at radius 3 is 2.54 bits per heavy atom. The normalized spacial score (nSPS) is 20.1. The highest BCUT2D eigenvalue weighted by Gasteiger charge is 2.49. The van der Waals surface area contributed by atoms with Crippen LogP contribution >= 0.6 is 0 Å². The third kappa shape index (κ3) is 3.94. The van der Waals surface area contributed by atoms with Crippen molar-refractivity contribution in [3.63, 3.8) is 0 Å². The van der Waals surface area contributed by atoms with Gasteiger partial charge in [0.05, 0.1) is 13.7 Å². The average Bonchev–Trinajstić information content (AvgIpc) is 2.91. The summed E-state index contributed by atoms with van der Waals surface area (Å²) in [6.45, 7) is 3.42. The fourth-order valence-electron chi connectivity index (χ4n) is 3.08. The number of ether oxygens (including phenoxy) is 2. The molecule has 0 bridgehead atoms. The lowest BCUT2D eigenvalue weighted by Gasteiger charge is -2.23. The predicted molar refractivity (Wildman–Crippen MR) is 103 cm³/mol. The number of carbonyl (C=O) groups excluding carboxylic acids is 2. The second-order valence-electron chi connectivity index (χ2n) is 6.98. The largest absolute Gasteiger partial charge is 0.497 e. The zero-order valence-electron chi connectivity index (χ0n) is 16.1. The van der Waals surface area contributed by atoms with Crippen LogP contribution in [0.2, 0.25) is 0 Å². The summed E-state index contributed by atoms with van der Waals surface area (Å²) in [7, 11) is 1.53. The van der Waals surface area contributed by atoms with E-state index < -0.39 is 23.6 Å². The van der Waals surface area contributed by atoms with Gasteiger partial charge < -0.3 is 19.9 Å². The van der Waals surface area contributed by atoms with Crippen LogP contribution in [0.25, 0.3) is 0 Å². The molecule has 1 heterocycles. The lowest BCUT2D eigenvalue weighted by molar-refractivity contribution is -0.132. The van der Waals surface area contributed by atoms with Gasteiger partial charge in [-0.15, -0.1) is 0 Å². The number of carbonyl (C=O) groups is 2. The molecule has 1 aliphatic heterocycles. The maximum absolute atomic E-state index is 12.9. The molecule has 1 fully saturated rings.